The standard InChI is InChI=1S/C21H21BrN4O5S/c22-16-10-14(11-17-20(16)24-13-23-17)21(27)25-4-1-5-26(7-6-25)32(28,29)15-2-3-18-19(12-15)31-9-8-30-18/h2-3,10-13H,1,4-9H2,(H,23,24). The number of hydrogen-bond donors (Lipinski definition) is 1. The largest absolute Gasteiger partial charge is 0.486 e. The van der Waals surface area contributed by atoms with Crippen molar-refractivity contribution in [2.45, 2.75) is 11.3 Å². The molecular weight excluding hydrogens is 500 g/mol. The third-order valence-corrected chi connectivity index (χ3v) is 8.12. The normalized spacial score (nSPS) is 17.3. The summed E-state index contributed by atoms with van der Waals surface area (Å²) in [5.74, 6) is 0.840. The number of aromatic amines is 1. The van der Waals surface area contributed by atoms with Crippen molar-refractivity contribution in [3.05, 3.63) is 46.7 Å². The smallest absolute Gasteiger partial charge is 0.254 e. The number of imidazole rings is 1. The Kier molecular flexibility index (Phi) is 5.56. The number of ether oxygens (including phenoxy) is 2. The molecule has 0 saturated carbocycles. The van der Waals surface area contributed by atoms with Crippen LogP contribution in [-0.2, 0) is 10.0 Å². The third-order valence-electron chi connectivity index (χ3n) is 5.62. The van der Waals surface area contributed by atoms with E-state index in [-0.39, 0.29) is 17.3 Å². The van der Waals surface area contributed by atoms with Gasteiger partial charge >= 0.3 is 0 Å². The molecule has 2 aliphatic heterocycles. The molecule has 168 valence electrons. The third kappa shape index (κ3) is 3.84. The number of halogens is 1. The lowest BCUT2D eigenvalue weighted by Gasteiger charge is -2.23. The molecule has 2 aromatic carbocycles. The topological polar surface area (TPSA) is 105 Å². The number of carbonyl (C=O) groups is 1. The van der Waals surface area contributed by atoms with E-state index in [2.05, 4.69) is 25.9 Å². The molecule has 1 fully saturated rings. The zero-order valence-electron chi connectivity index (χ0n) is 17.1. The molecule has 0 radical (unpaired) electrons. The molecule has 1 aromatic heterocycles. The van der Waals surface area contributed by atoms with Crippen LogP contribution in [0.4, 0.5) is 0 Å². The lowest BCUT2D eigenvalue weighted by atomic mass is 10.1. The first-order chi connectivity index (χ1) is 15.4. The fourth-order valence-corrected chi connectivity index (χ4v) is 6.03. The number of amides is 1. The van der Waals surface area contributed by atoms with E-state index in [0.717, 1.165) is 15.5 Å². The first-order valence-electron chi connectivity index (χ1n) is 10.3. The van der Waals surface area contributed by atoms with Crippen LogP contribution < -0.4 is 9.47 Å². The Morgan fingerprint density at radius 3 is 2.69 bits per heavy atom. The second kappa shape index (κ2) is 8.38. The van der Waals surface area contributed by atoms with Crippen molar-refractivity contribution >= 4 is 42.9 Å². The Balaban J connectivity index is 1.33. The second-order valence-corrected chi connectivity index (χ2v) is 10.4. The van der Waals surface area contributed by atoms with Crippen LogP contribution in [0, 0.1) is 0 Å². The van der Waals surface area contributed by atoms with Crippen molar-refractivity contribution in [2.24, 2.45) is 0 Å². The van der Waals surface area contributed by atoms with E-state index >= 15 is 0 Å². The van der Waals surface area contributed by atoms with Gasteiger partial charge in [0.25, 0.3) is 5.91 Å². The van der Waals surface area contributed by atoms with Crippen molar-refractivity contribution < 1.29 is 22.7 Å². The van der Waals surface area contributed by atoms with Gasteiger partial charge in [-0.25, -0.2) is 13.4 Å². The van der Waals surface area contributed by atoms with Crippen LogP contribution in [0.25, 0.3) is 11.0 Å². The van der Waals surface area contributed by atoms with Crippen molar-refractivity contribution in [1.82, 2.24) is 19.2 Å². The summed E-state index contributed by atoms with van der Waals surface area (Å²) < 4.78 is 39.7. The van der Waals surface area contributed by atoms with Crippen LogP contribution in [0.2, 0.25) is 0 Å². The van der Waals surface area contributed by atoms with Crippen molar-refractivity contribution in [3.63, 3.8) is 0 Å². The zero-order chi connectivity index (χ0) is 22.3. The minimum atomic E-state index is -3.72. The molecule has 3 heterocycles. The fourth-order valence-electron chi connectivity index (χ4n) is 3.98. The molecule has 0 atom stereocenters. The van der Waals surface area contributed by atoms with Crippen molar-refractivity contribution in [2.75, 3.05) is 39.4 Å². The van der Waals surface area contributed by atoms with Crippen LogP contribution in [0.3, 0.4) is 0 Å². The van der Waals surface area contributed by atoms with E-state index in [4.69, 9.17) is 9.47 Å². The molecular formula is C21H21BrN4O5S. The van der Waals surface area contributed by atoms with Crippen LogP contribution in [-0.4, -0.2) is 72.9 Å². The molecule has 11 heteroatoms. The second-order valence-electron chi connectivity index (χ2n) is 7.61. The van der Waals surface area contributed by atoms with Gasteiger partial charge in [0.15, 0.2) is 11.5 Å². The molecule has 0 spiro atoms. The maximum atomic E-state index is 13.2. The molecule has 1 amide bonds. The van der Waals surface area contributed by atoms with Gasteiger partial charge in [0, 0.05) is 42.3 Å². The van der Waals surface area contributed by atoms with E-state index in [9.17, 15) is 13.2 Å². The van der Waals surface area contributed by atoms with Crippen LogP contribution in [0.5, 0.6) is 11.5 Å². The number of carbonyl (C=O) groups excluding carboxylic acids is 1. The average Bonchev–Trinajstić information content (AvgIpc) is 3.14. The number of H-pyrrole nitrogens is 1. The molecule has 0 bridgehead atoms. The molecule has 32 heavy (non-hydrogen) atoms. The highest BCUT2D eigenvalue weighted by Gasteiger charge is 2.30. The molecule has 2 aliphatic rings. The SMILES string of the molecule is O=C(c1cc(Br)c2nc[nH]c2c1)N1CCCN(S(=O)(=O)c2ccc3c(c2)OCCO3)CC1. The first kappa shape index (κ1) is 21.2. The summed E-state index contributed by atoms with van der Waals surface area (Å²) in [6.07, 6.45) is 2.12. The van der Waals surface area contributed by atoms with Crippen molar-refractivity contribution in [1.29, 1.82) is 0 Å². The van der Waals surface area contributed by atoms with Gasteiger partial charge in [0.2, 0.25) is 10.0 Å². The molecule has 1 N–H and O–H groups in total. The molecule has 0 unspecified atom stereocenters. The number of fused-ring (bicyclic) bond motifs is 2. The number of nitrogens with one attached hydrogen (secondary N) is 1. The summed E-state index contributed by atoms with van der Waals surface area (Å²) in [6, 6.07) is 8.19. The van der Waals surface area contributed by atoms with Gasteiger partial charge in [-0.2, -0.15) is 4.31 Å². The summed E-state index contributed by atoms with van der Waals surface area (Å²) >= 11 is 3.46. The summed E-state index contributed by atoms with van der Waals surface area (Å²) in [7, 11) is -3.72. The van der Waals surface area contributed by atoms with Gasteiger partial charge in [0.05, 0.1) is 16.7 Å². The van der Waals surface area contributed by atoms with Crippen molar-refractivity contribution in [3.8, 4) is 11.5 Å². The van der Waals surface area contributed by atoms with Gasteiger partial charge < -0.3 is 19.4 Å². The number of nitrogens with zero attached hydrogens (tertiary/aromatic N) is 3. The molecule has 5 rings (SSSR count). The van der Waals surface area contributed by atoms with E-state index < -0.39 is 10.0 Å². The maximum absolute atomic E-state index is 13.2. The van der Waals surface area contributed by atoms with E-state index in [1.807, 2.05) is 0 Å². The quantitative estimate of drug-likeness (QED) is 0.569. The van der Waals surface area contributed by atoms with E-state index in [1.54, 1.807) is 29.4 Å². The number of aromatic nitrogens is 2. The highest BCUT2D eigenvalue weighted by Crippen LogP contribution is 2.33. The highest BCUT2D eigenvalue weighted by atomic mass is 79.9. The van der Waals surface area contributed by atoms with Crippen LogP contribution in [0.1, 0.15) is 16.8 Å². The Morgan fingerprint density at radius 2 is 1.84 bits per heavy atom. The summed E-state index contributed by atoms with van der Waals surface area (Å²) in [4.78, 5) is 22.2. The molecule has 3 aromatic rings. The molecule has 0 aliphatic carbocycles. The van der Waals surface area contributed by atoms with E-state index in [0.29, 0.717) is 56.3 Å². The lowest BCUT2D eigenvalue weighted by Crippen LogP contribution is -2.37. The minimum Gasteiger partial charge on any atom is -0.486 e. The Labute approximate surface area is 193 Å². The summed E-state index contributed by atoms with van der Waals surface area (Å²) in [6.45, 7) is 2.17. The maximum Gasteiger partial charge on any atom is 0.254 e. The predicted molar refractivity (Wildman–Crippen MR) is 121 cm³/mol. The van der Waals surface area contributed by atoms with Gasteiger partial charge in [0.1, 0.15) is 18.7 Å². The van der Waals surface area contributed by atoms with Crippen LogP contribution >= 0.6 is 15.9 Å². The summed E-state index contributed by atoms with van der Waals surface area (Å²) in [5, 5.41) is 0. The zero-order valence-corrected chi connectivity index (χ0v) is 19.5. The molecule has 1 saturated heterocycles. The lowest BCUT2D eigenvalue weighted by molar-refractivity contribution is 0.0764. The number of rotatable bonds is 3. The highest BCUT2D eigenvalue weighted by molar-refractivity contribution is 9.10. The summed E-state index contributed by atoms with van der Waals surface area (Å²) in [5.41, 5.74) is 2.05. The fraction of sp³-hybridized carbons (Fsp3) is 0.333. The Morgan fingerprint density at radius 1 is 1.03 bits per heavy atom. The Hall–Kier alpha value is -2.63. The van der Waals surface area contributed by atoms with Gasteiger partial charge in [-0.3, -0.25) is 4.79 Å². The first-order valence-corrected chi connectivity index (χ1v) is 12.5. The monoisotopic (exact) mass is 520 g/mol. The van der Waals surface area contributed by atoms with Gasteiger partial charge in [-0.1, -0.05) is 0 Å². The number of hydrogen-bond acceptors (Lipinski definition) is 6. The molecule has 9 nitrogen and oxygen atoms in total. The number of benzene rings is 2. The van der Waals surface area contributed by atoms with Crippen LogP contribution in [0.15, 0.2) is 46.0 Å². The van der Waals surface area contributed by atoms with E-state index in [1.165, 1.54) is 16.4 Å². The minimum absolute atomic E-state index is 0.138. The number of sulfonamides is 1. The predicted octanol–water partition coefficient (Wildman–Crippen LogP) is 2.63. The van der Waals surface area contributed by atoms with Gasteiger partial charge in [-0.15, -0.1) is 0 Å². The Bertz CT molecular complexity index is 1290. The van der Waals surface area contributed by atoms with Gasteiger partial charge in [-0.05, 0) is 46.6 Å². The average molecular weight is 521 g/mol.